The van der Waals surface area contributed by atoms with Crippen LogP contribution in [0.3, 0.4) is 0 Å². The van der Waals surface area contributed by atoms with Crippen molar-refractivity contribution in [3.8, 4) is 0 Å². The van der Waals surface area contributed by atoms with Gasteiger partial charge in [-0.15, -0.1) is 0 Å². The van der Waals surface area contributed by atoms with Crippen LogP contribution in [0.1, 0.15) is 0 Å². The highest BCUT2D eigenvalue weighted by Crippen LogP contribution is 2.22. The summed E-state index contributed by atoms with van der Waals surface area (Å²) >= 11 is 0. The first-order valence-corrected chi connectivity index (χ1v) is 15.6. The molecule has 12 nitrogen and oxygen atoms in total. The Morgan fingerprint density at radius 3 is 0.788 bits per heavy atom. The maximum atomic E-state index is 11.6. The van der Waals surface area contributed by atoms with Crippen molar-refractivity contribution >= 4 is 39.3 Å². The number of sulfone groups is 4. The van der Waals surface area contributed by atoms with E-state index < -0.39 is 94.9 Å². The normalized spacial score (nSPS) is 13.3. The molecule has 0 aliphatic rings. The summed E-state index contributed by atoms with van der Waals surface area (Å²) in [6.07, 6.45) is 0. The lowest BCUT2D eigenvalue weighted by atomic mass is 9.92. The third kappa shape index (κ3) is 13.8. The molecule has 0 saturated heterocycles. The highest BCUT2D eigenvalue weighted by atomic mass is 32.2. The van der Waals surface area contributed by atoms with Crippen LogP contribution in [0.15, 0.2) is 47.9 Å². The summed E-state index contributed by atoms with van der Waals surface area (Å²) in [5.41, 5.74) is -1.51. The second kappa shape index (κ2) is 13.5. The molecule has 0 saturated carbocycles. The minimum Gasteiger partial charge on any atom is -0.364 e. The molecule has 0 atom stereocenters. The summed E-state index contributed by atoms with van der Waals surface area (Å²) in [6.45, 7) is 10.5. The van der Waals surface area contributed by atoms with E-state index in [1.54, 1.807) is 0 Å². The summed E-state index contributed by atoms with van der Waals surface area (Å²) in [6, 6.07) is 0. The van der Waals surface area contributed by atoms with Gasteiger partial charge in [0.05, 0.1) is 31.8 Å². The molecule has 0 aromatic heterocycles. The Labute approximate surface area is 195 Å². The van der Waals surface area contributed by atoms with Gasteiger partial charge in [0.25, 0.3) is 0 Å². The SMILES string of the molecule is C=CS(=O)(=O)COCC(COCS(=O)(=O)C=C)(COCS(=O)(=O)C=C)COCS(=O)(=O)C=C. The minimum atomic E-state index is -3.79. The van der Waals surface area contributed by atoms with E-state index in [9.17, 15) is 33.7 Å². The van der Waals surface area contributed by atoms with Crippen molar-refractivity contribution in [1.29, 1.82) is 0 Å². The van der Waals surface area contributed by atoms with Crippen molar-refractivity contribution in [3.63, 3.8) is 0 Å². The smallest absolute Gasteiger partial charge is 0.194 e. The van der Waals surface area contributed by atoms with Crippen LogP contribution in [0.4, 0.5) is 0 Å². The molecular formula is C17H28O12S4. The fourth-order valence-electron chi connectivity index (χ4n) is 1.94. The molecule has 0 heterocycles. The predicted octanol–water partition coefficient (Wildman–Crippen LogP) is 0.102. The number of rotatable bonds is 20. The molecule has 0 unspecified atom stereocenters. The molecule has 0 fully saturated rings. The number of hydrogen-bond acceptors (Lipinski definition) is 12. The van der Waals surface area contributed by atoms with Crippen LogP contribution in [-0.4, -0.2) is 83.9 Å². The van der Waals surface area contributed by atoms with E-state index in [1.807, 2.05) is 0 Å². The third-order valence-electron chi connectivity index (χ3n) is 3.64. The minimum absolute atomic E-state index is 0.503. The van der Waals surface area contributed by atoms with E-state index in [1.165, 1.54) is 0 Å². The summed E-state index contributed by atoms with van der Waals surface area (Å²) in [4.78, 5) is 0. The zero-order valence-electron chi connectivity index (χ0n) is 17.8. The summed E-state index contributed by atoms with van der Waals surface area (Å²) in [5, 5.41) is 2.62. The fourth-order valence-corrected chi connectivity index (χ4v) is 3.59. The van der Waals surface area contributed by atoms with Gasteiger partial charge in [-0.25, -0.2) is 33.7 Å². The van der Waals surface area contributed by atoms with Gasteiger partial charge in [0, 0.05) is 21.6 Å². The Bertz CT molecular complexity index is 919. The molecule has 0 amide bonds. The van der Waals surface area contributed by atoms with Crippen molar-refractivity contribution in [3.05, 3.63) is 47.9 Å². The Morgan fingerprint density at radius 1 is 0.455 bits per heavy atom. The molecular weight excluding hydrogens is 524 g/mol. The molecule has 192 valence electrons. The van der Waals surface area contributed by atoms with E-state index in [4.69, 9.17) is 18.9 Å². The summed E-state index contributed by atoms with van der Waals surface area (Å²) < 4.78 is 114. The van der Waals surface area contributed by atoms with E-state index in [0.717, 1.165) is 0 Å². The monoisotopic (exact) mass is 552 g/mol. The van der Waals surface area contributed by atoms with Crippen LogP contribution >= 0.6 is 0 Å². The summed E-state index contributed by atoms with van der Waals surface area (Å²) in [5.74, 6) is -3.28. The van der Waals surface area contributed by atoms with Gasteiger partial charge in [-0.05, 0) is 0 Å². The van der Waals surface area contributed by atoms with Crippen LogP contribution in [0.2, 0.25) is 0 Å². The second-order valence-corrected chi connectivity index (χ2v) is 14.3. The fraction of sp³-hybridized carbons (Fsp3) is 0.529. The second-order valence-electron chi connectivity index (χ2n) is 6.68. The van der Waals surface area contributed by atoms with E-state index in [0.29, 0.717) is 21.6 Å². The third-order valence-corrected chi connectivity index (χ3v) is 7.65. The first-order chi connectivity index (χ1) is 15.1. The van der Waals surface area contributed by atoms with Crippen molar-refractivity contribution in [1.82, 2.24) is 0 Å². The summed E-state index contributed by atoms with van der Waals surface area (Å²) in [7, 11) is -15.2. The van der Waals surface area contributed by atoms with E-state index in [-0.39, 0.29) is 0 Å². The largest absolute Gasteiger partial charge is 0.364 e. The van der Waals surface area contributed by atoms with Gasteiger partial charge < -0.3 is 18.9 Å². The maximum absolute atomic E-state index is 11.6. The average molecular weight is 553 g/mol. The highest BCUT2D eigenvalue weighted by Gasteiger charge is 2.34. The lowest BCUT2D eigenvalue weighted by Gasteiger charge is -2.32. The Balaban J connectivity index is 5.76. The number of hydrogen-bond donors (Lipinski definition) is 0. The molecule has 0 rings (SSSR count). The van der Waals surface area contributed by atoms with Gasteiger partial charge in [-0.3, -0.25) is 0 Å². The molecule has 0 bridgehead atoms. The van der Waals surface area contributed by atoms with Crippen molar-refractivity contribution in [2.75, 3.05) is 50.2 Å². The molecule has 0 aromatic rings. The van der Waals surface area contributed by atoms with Gasteiger partial charge in [-0.2, -0.15) is 0 Å². The van der Waals surface area contributed by atoms with Crippen LogP contribution in [0.5, 0.6) is 0 Å². The number of ether oxygens (including phenoxy) is 4. The highest BCUT2D eigenvalue weighted by molar-refractivity contribution is 7.94. The molecule has 0 radical (unpaired) electrons. The van der Waals surface area contributed by atoms with E-state index >= 15 is 0 Å². The molecule has 0 aliphatic carbocycles. The molecule has 0 aromatic carbocycles. The van der Waals surface area contributed by atoms with Crippen LogP contribution in [-0.2, 0) is 58.3 Å². The first kappa shape index (κ1) is 31.6. The van der Waals surface area contributed by atoms with Crippen LogP contribution < -0.4 is 0 Å². The van der Waals surface area contributed by atoms with Crippen molar-refractivity contribution in [2.24, 2.45) is 5.41 Å². The predicted molar refractivity (Wildman–Crippen MR) is 122 cm³/mol. The molecule has 0 spiro atoms. The zero-order chi connectivity index (χ0) is 25.8. The van der Waals surface area contributed by atoms with Crippen LogP contribution in [0, 0.1) is 5.41 Å². The lowest BCUT2D eigenvalue weighted by molar-refractivity contribution is -0.0861. The quantitative estimate of drug-likeness (QED) is 0.200. The van der Waals surface area contributed by atoms with Gasteiger partial charge in [0.15, 0.2) is 63.1 Å². The molecule has 0 N–H and O–H groups in total. The Kier molecular flexibility index (Phi) is 12.9. The van der Waals surface area contributed by atoms with Gasteiger partial charge in [-0.1, -0.05) is 26.3 Å². The van der Waals surface area contributed by atoms with Crippen molar-refractivity contribution < 1.29 is 52.6 Å². The topological polar surface area (TPSA) is 173 Å². The van der Waals surface area contributed by atoms with Crippen LogP contribution in [0.25, 0.3) is 0 Å². The zero-order valence-corrected chi connectivity index (χ0v) is 21.1. The molecule has 33 heavy (non-hydrogen) atoms. The van der Waals surface area contributed by atoms with Gasteiger partial charge in [0.2, 0.25) is 0 Å². The Morgan fingerprint density at radius 2 is 0.636 bits per heavy atom. The van der Waals surface area contributed by atoms with Gasteiger partial charge in [0.1, 0.15) is 0 Å². The van der Waals surface area contributed by atoms with Crippen molar-refractivity contribution in [2.45, 2.75) is 0 Å². The Hall–Kier alpha value is -1.40. The first-order valence-electron chi connectivity index (χ1n) is 8.79. The molecule has 0 aliphatic heterocycles. The maximum Gasteiger partial charge on any atom is 0.194 e. The van der Waals surface area contributed by atoms with Gasteiger partial charge >= 0.3 is 0 Å². The standard InChI is InChI=1S/C17H28O12S4/c1-5-30(18,19)13-26-9-17(10-27-14-31(20,21)6-2,11-28-15-32(22,23)7-3)12-29-16-33(24,25)8-4/h5-8H,1-4,9-16H2. The average Bonchev–Trinajstić information content (AvgIpc) is 2.73. The molecule has 16 heteroatoms. The lowest BCUT2D eigenvalue weighted by Crippen LogP contribution is -2.43. The van der Waals surface area contributed by atoms with E-state index in [2.05, 4.69) is 26.3 Å².